The van der Waals surface area contributed by atoms with Gasteiger partial charge in [-0.05, 0) is 74.6 Å². The number of carbonyl (C=O) groups excluding carboxylic acids is 2. The lowest BCUT2D eigenvalue weighted by atomic mass is 9.81. The van der Waals surface area contributed by atoms with E-state index in [4.69, 9.17) is 10.5 Å². The number of aromatic nitrogens is 2. The summed E-state index contributed by atoms with van der Waals surface area (Å²) >= 11 is 0. The summed E-state index contributed by atoms with van der Waals surface area (Å²) in [6.07, 6.45) is 2.49. The number of hydrogen-bond acceptors (Lipinski definition) is 7. The van der Waals surface area contributed by atoms with Crippen molar-refractivity contribution in [3.05, 3.63) is 82.4 Å². The summed E-state index contributed by atoms with van der Waals surface area (Å²) < 4.78 is 79.9. The summed E-state index contributed by atoms with van der Waals surface area (Å²) in [5, 5.41) is 15.1. The van der Waals surface area contributed by atoms with Gasteiger partial charge in [0.2, 0.25) is 5.91 Å². The van der Waals surface area contributed by atoms with Crippen LogP contribution in [0.3, 0.4) is 0 Å². The van der Waals surface area contributed by atoms with Crippen molar-refractivity contribution in [3.63, 3.8) is 0 Å². The number of nitrogens with two attached hydrogens (primary N) is 1. The summed E-state index contributed by atoms with van der Waals surface area (Å²) in [5.41, 5.74) is 2.34. The zero-order chi connectivity index (χ0) is 33.1. The SMILES string of the molecule is Cc1cnc2c(OC(F)F)cc(C(=O)NCC(O)(c3cc4c(c(-c5ccc(F)c(F)c5F)n3)OC[C@]4(C)C(N)=O)C3CC3)cc2c1. The average Bonchev–Trinajstić information content (AvgIpc) is 3.81. The molecule has 1 aliphatic heterocycles. The molecule has 1 aliphatic carbocycles. The van der Waals surface area contributed by atoms with E-state index in [0.29, 0.717) is 29.9 Å². The number of fused-ring (bicyclic) bond motifs is 2. The van der Waals surface area contributed by atoms with Crippen LogP contribution in [-0.2, 0) is 15.8 Å². The van der Waals surface area contributed by atoms with E-state index in [1.165, 1.54) is 25.3 Å². The number of benzene rings is 2. The number of aryl methyl sites for hydroxylation is 1. The highest BCUT2D eigenvalue weighted by Crippen LogP contribution is 2.50. The van der Waals surface area contributed by atoms with Crippen molar-refractivity contribution in [3.8, 4) is 22.8 Å². The predicted octanol–water partition coefficient (Wildman–Crippen LogP) is 4.79. The molecule has 0 spiro atoms. The third-order valence-electron chi connectivity index (χ3n) is 8.48. The molecule has 46 heavy (non-hydrogen) atoms. The summed E-state index contributed by atoms with van der Waals surface area (Å²) in [6.45, 7) is -0.686. The third-order valence-corrected chi connectivity index (χ3v) is 8.48. The second kappa shape index (κ2) is 11.2. The molecular formula is C32H27F5N4O5. The van der Waals surface area contributed by atoms with E-state index >= 15 is 4.39 Å². The van der Waals surface area contributed by atoms with Gasteiger partial charge in [0.05, 0.1) is 12.2 Å². The van der Waals surface area contributed by atoms with Crippen LogP contribution in [0.1, 0.15) is 46.9 Å². The predicted molar refractivity (Wildman–Crippen MR) is 154 cm³/mol. The molecule has 1 saturated carbocycles. The Morgan fingerprint density at radius 2 is 1.91 bits per heavy atom. The van der Waals surface area contributed by atoms with E-state index in [9.17, 15) is 32.3 Å². The van der Waals surface area contributed by atoms with Crippen molar-refractivity contribution in [1.82, 2.24) is 15.3 Å². The van der Waals surface area contributed by atoms with Crippen LogP contribution in [0.2, 0.25) is 0 Å². The third kappa shape index (κ3) is 5.25. The van der Waals surface area contributed by atoms with Gasteiger partial charge in [0.15, 0.2) is 23.2 Å². The zero-order valence-corrected chi connectivity index (χ0v) is 24.5. The van der Waals surface area contributed by atoms with Crippen LogP contribution in [0.25, 0.3) is 22.2 Å². The average molecular weight is 643 g/mol. The van der Waals surface area contributed by atoms with Gasteiger partial charge in [-0.1, -0.05) is 0 Å². The van der Waals surface area contributed by atoms with Gasteiger partial charge in [-0.15, -0.1) is 0 Å². The lowest BCUT2D eigenvalue weighted by molar-refractivity contribution is -0.123. The molecular weight excluding hydrogens is 615 g/mol. The van der Waals surface area contributed by atoms with Gasteiger partial charge in [-0.3, -0.25) is 14.6 Å². The molecule has 3 heterocycles. The smallest absolute Gasteiger partial charge is 0.387 e. The van der Waals surface area contributed by atoms with E-state index in [1.807, 2.05) is 0 Å². The van der Waals surface area contributed by atoms with E-state index in [-0.39, 0.29) is 46.1 Å². The van der Waals surface area contributed by atoms with E-state index in [1.54, 1.807) is 13.0 Å². The van der Waals surface area contributed by atoms with E-state index < -0.39 is 64.9 Å². The molecule has 1 fully saturated rings. The Balaban J connectivity index is 1.42. The molecule has 2 atom stereocenters. The Morgan fingerprint density at radius 1 is 1.17 bits per heavy atom. The van der Waals surface area contributed by atoms with E-state index in [2.05, 4.69) is 20.0 Å². The van der Waals surface area contributed by atoms with Crippen LogP contribution in [0.15, 0.2) is 42.6 Å². The van der Waals surface area contributed by atoms with Gasteiger partial charge in [-0.25, -0.2) is 18.2 Å². The Labute approximate surface area is 258 Å². The molecule has 240 valence electrons. The fourth-order valence-corrected chi connectivity index (χ4v) is 5.67. The maximum Gasteiger partial charge on any atom is 0.387 e. The highest BCUT2D eigenvalue weighted by molar-refractivity contribution is 6.00. The van der Waals surface area contributed by atoms with Crippen molar-refractivity contribution in [1.29, 1.82) is 0 Å². The van der Waals surface area contributed by atoms with Gasteiger partial charge >= 0.3 is 6.61 Å². The number of hydrogen-bond donors (Lipinski definition) is 3. The molecule has 14 heteroatoms. The van der Waals surface area contributed by atoms with Gasteiger partial charge in [0.1, 0.15) is 34.6 Å². The number of alkyl halides is 2. The van der Waals surface area contributed by atoms with Crippen molar-refractivity contribution in [2.75, 3.05) is 13.2 Å². The minimum Gasteiger partial charge on any atom is -0.489 e. The molecule has 9 nitrogen and oxygen atoms in total. The summed E-state index contributed by atoms with van der Waals surface area (Å²) in [6, 6.07) is 7.22. The number of aliphatic hydroxyl groups is 1. The molecule has 4 N–H and O–H groups in total. The van der Waals surface area contributed by atoms with Gasteiger partial charge in [0.25, 0.3) is 5.91 Å². The lowest BCUT2D eigenvalue weighted by Gasteiger charge is -2.30. The number of primary amides is 1. The summed E-state index contributed by atoms with van der Waals surface area (Å²) in [5.74, 6) is -7.17. The highest BCUT2D eigenvalue weighted by Gasteiger charge is 2.50. The number of rotatable bonds is 9. The minimum absolute atomic E-state index is 0.0603. The lowest BCUT2D eigenvalue weighted by Crippen LogP contribution is -2.44. The molecule has 2 aromatic heterocycles. The highest BCUT2D eigenvalue weighted by atomic mass is 19.3. The Kier molecular flexibility index (Phi) is 7.58. The van der Waals surface area contributed by atoms with Crippen LogP contribution in [-0.4, -0.2) is 46.7 Å². The van der Waals surface area contributed by atoms with Crippen LogP contribution in [0.4, 0.5) is 22.0 Å². The normalized spacial score (nSPS) is 18.6. The van der Waals surface area contributed by atoms with Gasteiger partial charge in [-0.2, -0.15) is 8.78 Å². The number of ether oxygens (including phenoxy) is 2. The van der Waals surface area contributed by atoms with E-state index in [0.717, 1.165) is 12.1 Å². The fraction of sp³-hybridized carbons (Fsp3) is 0.312. The first-order valence-electron chi connectivity index (χ1n) is 14.2. The molecule has 6 rings (SSSR count). The van der Waals surface area contributed by atoms with Crippen molar-refractivity contribution in [2.45, 2.75) is 44.3 Å². The molecule has 4 aromatic rings. The summed E-state index contributed by atoms with van der Waals surface area (Å²) in [7, 11) is 0. The second-order valence-corrected chi connectivity index (χ2v) is 11.8. The number of nitrogens with one attached hydrogen (secondary N) is 1. The quantitative estimate of drug-likeness (QED) is 0.177. The first-order chi connectivity index (χ1) is 21.7. The topological polar surface area (TPSA) is 137 Å². The number of carbonyl (C=O) groups is 2. The fourth-order valence-electron chi connectivity index (χ4n) is 5.67. The molecule has 2 aromatic carbocycles. The van der Waals surface area contributed by atoms with Crippen LogP contribution >= 0.6 is 0 Å². The molecule has 0 bridgehead atoms. The second-order valence-electron chi connectivity index (χ2n) is 11.8. The Morgan fingerprint density at radius 3 is 2.59 bits per heavy atom. The molecule has 2 aliphatic rings. The zero-order valence-electron chi connectivity index (χ0n) is 24.5. The number of amides is 2. The van der Waals surface area contributed by atoms with Crippen molar-refractivity contribution >= 4 is 22.7 Å². The van der Waals surface area contributed by atoms with Crippen molar-refractivity contribution < 1.29 is 46.1 Å². The molecule has 0 radical (unpaired) electrons. The van der Waals surface area contributed by atoms with Gasteiger partial charge < -0.3 is 25.6 Å². The van der Waals surface area contributed by atoms with Crippen LogP contribution in [0, 0.1) is 30.3 Å². The summed E-state index contributed by atoms with van der Waals surface area (Å²) in [4.78, 5) is 34.5. The Hall–Kier alpha value is -4.85. The Bertz CT molecular complexity index is 1920. The first-order valence-corrected chi connectivity index (χ1v) is 14.2. The first kappa shape index (κ1) is 31.1. The number of nitrogens with zero attached hydrogens (tertiary/aromatic N) is 2. The van der Waals surface area contributed by atoms with Crippen molar-refractivity contribution in [2.24, 2.45) is 11.7 Å². The van der Waals surface area contributed by atoms with Crippen LogP contribution in [0.5, 0.6) is 11.5 Å². The monoisotopic (exact) mass is 642 g/mol. The number of pyridine rings is 2. The maximum absolute atomic E-state index is 15.1. The van der Waals surface area contributed by atoms with Gasteiger partial charge in [0, 0.05) is 28.3 Å². The minimum atomic E-state index is -3.18. The molecule has 0 saturated heterocycles. The van der Waals surface area contributed by atoms with Crippen LogP contribution < -0.4 is 20.5 Å². The standard InChI is InChI=1S/C32H27F5N4O5/c1-14-7-15-8-16(9-21(46-30(36)37)25(15)39-11-14)28(42)40-12-32(44,17-3-4-17)22-10-19-27(45-13-31(19,2)29(38)43)26(41-22)18-5-6-20(33)24(35)23(18)34/h5-11,17,30,44H,3-4,12-13H2,1-2H3,(H2,38,43)(H,40,42)/t31-,32?/m0/s1. The largest absolute Gasteiger partial charge is 0.489 e. The molecule has 2 amide bonds. The maximum atomic E-state index is 15.1. The molecule has 1 unspecified atom stereocenters. The number of halogens is 5.